The molecule has 1 heterocycles. The standard InChI is InChI=1S/C17H24BrN3/c1-4-15-17(18)16(21(3)20-15)12-14(19-5-2)11-13-9-7-6-8-10-13/h6-10,14,19H,4-5,11-12H2,1-3H3. The molecule has 1 aromatic carbocycles. The molecule has 0 amide bonds. The van der Waals surface area contributed by atoms with Gasteiger partial charge in [-0.15, -0.1) is 0 Å². The first kappa shape index (κ1) is 16.2. The molecule has 0 saturated heterocycles. The van der Waals surface area contributed by atoms with Gasteiger partial charge in [0.05, 0.1) is 15.9 Å². The van der Waals surface area contributed by atoms with Crippen LogP contribution in [0.5, 0.6) is 0 Å². The Kier molecular flexibility index (Phi) is 6.00. The predicted octanol–water partition coefficient (Wildman–Crippen LogP) is 3.51. The second-order valence-corrected chi connectivity index (χ2v) is 6.13. The van der Waals surface area contributed by atoms with Gasteiger partial charge in [-0.3, -0.25) is 4.68 Å². The van der Waals surface area contributed by atoms with Gasteiger partial charge in [0.15, 0.2) is 0 Å². The molecule has 21 heavy (non-hydrogen) atoms. The van der Waals surface area contributed by atoms with Gasteiger partial charge in [0.1, 0.15) is 0 Å². The van der Waals surface area contributed by atoms with Crippen LogP contribution in [0.15, 0.2) is 34.8 Å². The van der Waals surface area contributed by atoms with Crippen LogP contribution in [-0.4, -0.2) is 22.4 Å². The van der Waals surface area contributed by atoms with Crippen molar-refractivity contribution in [2.24, 2.45) is 7.05 Å². The predicted molar refractivity (Wildman–Crippen MR) is 91.6 cm³/mol. The van der Waals surface area contributed by atoms with E-state index in [1.807, 2.05) is 11.7 Å². The van der Waals surface area contributed by atoms with Crippen LogP contribution >= 0.6 is 15.9 Å². The summed E-state index contributed by atoms with van der Waals surface area (Å²) in [4.78, 5) is 0. The number of rotatable bonds is 7. The minimum atomic E-state index is 0.425. The first-order chi connectivity index (χ1) is 10.2. The van der Waals surface area contributed by atoms with E-state index in [-0.39, 0.29) is 0 Å². The van der Waals surface area contributed by atoms with Crippen LogP contribution in [0.1, 0.15) is 30.8 Å². The Morgan fingerprint density at radius 2 is 1.90 bits per heavy atom. The highest BCUT2D eigenvalue weighted by Gasteiger charge is 2.17. The molecule has 4 heteroatoms. The lowest BCUT2D eigenvalue weighted by Crippen LogP contribution is -2.33. The minimum absolute atomic E-state index is 0.425. The summed E-state index contributed by atoms with van der Waals surface area (Å²) in [5, 5.41) is 8.19. The number of benzene rings is 1. The number of nitrogens with one attached hydrogen (secondary N) is 1. The van der Waals surface area contributed by atoms with Gasteiger partial charge in [0, 0.05) is 19.5 Å². The van der Waals surface area contributed by atoms with E-state index < -0.39 is 0 Å². The third-order valence-corrected chi connectivity index (χ3v) is 4.68. The zero-order valence-electron chi connectivity index (χ0n) is 13.1. The van der Waals surface area contributed by atoms with E-state index in [1.165, 1.54) is 15.7 Å². The van der Waals surface area contributed by atoms with E-state index in [4.69, 9.17) is 0 Å². The molecule has 1 atom stereocenters. The van der Waals surface area contributed by atoms with Crippen molar-refractivity contribution in [3.05, 3.63) is 51.8 Å². The van der Waals surface area contributed by atoms with Gasteiger partial charge in [-0.2, -0.15) is 5.10 Å². The van der Waals surface area contributed by atoms with Crippen LogP contribution in [0.4, 0.5) is 0 Å². The Hall–Kier alpha value is -1.13. The van der Waals surface area contributed by atoms with Gasteiger partial charge in [0.25, 0.3) is 0 Å². The molecule has 0 bridgehead atoms. The number of aryl methyl sites for hydroxylation is 2. The Morgan fingerprint density at radius 3 is 2.48 bits per heavy atom. The molecule has 0 aliphatic rings. The number of nitrogens with zero attached hydrogens (tertiary/aromatic N) is 2. The van der Waals surface area contributed by atoms with Crippen LogP contribution in [0.25, 0.3) is 0 Å². The highest BCUT2D eigenvalue weighted by atomic mass is 79.9. The Morgan fingerprint density at radius 1 is 1.19 bits per heavy atom. The summed E-state index contributed by atoms with van der Waals surface area (Å²) < 4.78 is 3.18. The minimum Gasteiger partial charge on any atom is -0.314 e. The number of aromatic nitrogens is 2. The summed E-state index contributed by atoms with van der Waals surface area (Å²) in [6.07, 6.45) is 2.97. The smallest absolute Gasteiger partial charge is 0.0766 e. The second kappa shape index (κ2) is 7.76. The van der Waals surface area contributed by atoms with Crippen LogP contribution in [-0.2, 0) is 26.3 Å². The van der Waals surface area contributed by atoms with Gasteiger partial charge >= 0.3 is 0 Å². The highest BCUT2D eigenvalue weighted by molar-refractivity contribution is 9.10. The van der Waals surface area contributed by atoms with Gasteiger partial charge in [-0.1, -0.05) is 44.2 Å². The van der Waals surface area contributed by atoms with Gasteiger partial charge in [-0.25, -0.2) is 0 Å². The summed E-state index contributed by atoms with van der Waals surface area (Å²) in [7, 11) is 2.03. The third kappa shape index (κ3) is 4.17. The molecule has 0 radical (unpaired) electrons. The largest absolute Gasteiger partial charge is 0.314 e. The number of hydrogen-bond donors (Lipinski definition) is 1. The fourth-order valence-electron chi connectivity index (χ4n) is 2.68. The lowest BCUT2D eigenvalue weighted by Gasteiger charge is -2.18. The van der Waals surface area contributed by atoms with E-state index in [1.54, 1.807) is 0 Å². The first-order valence-electron chi connectivity index (χ1n) is 7.63. The van der Waals surface area contributed by atoms with E-state index in [2.05, 4.69) is 70.5 Å². The third-order valence-electron chi connectivity index (χ3n) is 3.76. The number of hydrogen-bond acceptors (Lipinski definition) is 2. The Balaban J connectivity index is 2.14. The summed E-state index contributed by atoms with van der Waals surface area (Å²) in [5.41, 5.74) is 3.79. The molecule has 114 valence electrons. The first-order valence-corrected chi connectivity index (χ1v) is 8.42. The molecule has 0 aliphatic heterocycles. The molecule has 0 aliphatic carbocycles. The van der Waals surface area contributed by atoms with Crippen LogP contribution < -0.4 is 5.32 Å². The second-order valence-electron chi connectivity index (χ2n) is 5.33. The van der Waals surface area contributed by atoms with Crippen molar-refractivity contribution in [3.63, 3.8) is 0 Å². The maximum atomic E-state index is 4.59. The molecular weight excluding hydrogens is 326 g/mol. The Bertz CT molecular complexity index is 563. The molecule has 2 rings (SSSR count). The topological polar surface area (TPSA) is 29.9 Å². The van der Waals surface area contributed by atoms with Crippen molar-refractivity contribution in [2.75, 3.05) is 6.54 Å². The average molecular weight is 350 g/mol. The normalized spacial score (nSPS) is 12.6. The van der Waals surface area contributed by atoms with Gasteiger partial charge in [-0.05, 0) is 40.9 Å². The number of halogens is 1. The summed E-state index contributed by atoms with van der Waals surface area (Å²) >= 11 is 3.72. The van der Waals surface area contributed by atoms with Crippen molar-refractivity contribution in [3.8, 4) is 0 Å². The van der Waals surface area contributed by atoms with Crippen molar-refractivity contribution in [1.82, 2.24) is 15.1 Å². The molecule has 1 N–H and O–H groups in total. The van der Waals surface area contributed by atoms with E-state index in [0.29, 0.717) is 6.04 Å². The Labute approximate surface area is 135 Å². The van der Waals surface area contributed by atoms with E-state index in [0.717, 1.165) is 31.5 Å². The van der Waals surface area contributed by atoms with Crippen molar-refractivity contribution >= 4 is 15.9 Å². The fourth-order valence-corrected chi connectivity index (χ4v) is 3.46. The maximum absolute atomic E-state index is 4.59. The van der Waals surface area contributed by atoms with Gasteiger partial charge < -0.3 is 5.32 Å². The zero-order chi connectivity index (χ0) is 15.2. The number of likely N-dealkylation sites (N-methyl/N-ethyl adjacent to an activating group) is 1. The van der Waals surface area contributed by atoms with Crippen molar-refractivity contribution < 1.29 is 0 Å². The van der Waals surface area contributed by atoms with E-state index >= 15 is 0 Å². The quantitative estimate of drug-likeness (QED) is 0.828. The summed E-state index contributed by atoms with van der Waals surface area (Å²) in [6.45, 7) is 5.28. The van der Waals surface area contributed by atoms with E-state index in [9.17, 15) is 0 Å². The molecule has 0 spiro atoms. The van der Waals surface area contributed by atoms with Crippen molar-refractivity contribution in [1.29, 1.82) is 0 Å². The SMILES string of the molecule is CCNC(Cc1ccccc1)Cc1c(Br)c(CC)nn1C. The monoisotopic (exact) mass is 349 g/mol. The van der Waals surface area contributed by atoms with Crippen molar-refractivity contribution in [2.45, 2.75) is 39.2 Å². The molecule has 0 saturated carbocycles. The molecule has 1 aromatic heterocycles. The van der Waals surface area contributed by atoms with Crippen LogP contribution in [0, 0.1) is 0 Å². The lowest BCUT2D eigenvalue weighted by molar-refractivity contribution is 0.503. The zero-order valence-corrected chi connectivity index (χ0v) is 14.7. The fraction of sp³-hybridized carbons (Fsp3) is 0.471. The summed E-state index contributed by atoms with van der Waals surface area (Å²) in [5.74, 6) is 0. The molecule has 2 aromatic rings. The highest BCUT2D eigenvalue weighted by Crippen LogP contribution is 2.23. The maximum Gasteiger partial charge on any atom is 0.0766 e. The van der Waals surface area contributed by atoms with Gasteiger partial charge in [0.2, 0.25) is 0 Å². The molecule has 0 fully saturated rings. The molecule has 1 unspecified atom stereocenters. The van der Waals surface area contributed by atoms with Crippen LogP contribution in [0.3, 0.4) is 0 Å². The lowest BCUT2D eigenvalue weighted by atomic mass is 10.0. The summed E-state index contributed by atoms with van der Waals surface area (Å²) in [6, 6.07) is 11.1. The molecular formula is C17H24BrN3. The average Bonchev–Trinajstić information content (AvgIpc) is 2.76. The van der Waals surface area contributed by atoms with Crippen LogP contribution in [0.2, 0.25) is 0 Å². The molecule has 3 nitrogen and oxygen atoms in total.